The van der Waals surface area contributed by atoms with Crippen molar-refractivity contribution in [2.75, 3.05) is 32.1 Å². The first kappa shape index (κ1) is 28.0. The number of fused-ring (bicyclic) bond motifs is 1. The molecule has 1 aliphatic rings. The lowest BCUT2D eigenvalue weighted by molar-refractivity contribution is -0.146. The largest absolute Gasteiger partial charge is 0.497 e. The number of methoxy groups -OCH3 is 1. The van der Waals surface area contributed by atoms with E-state index in [1.165, 1.54) is 25.1 Å². The summed E-state index contributed by atoms with van der Waals surface area (Å²) in [6.45, 7) is 2.68. The molecule has 9 heteroatoms. The van der Waals surface area contributed by atoms with Gasteiger partial charge in [0.15, 0.2) is 0 Å². The molecular formula is C30H32FN3O5. The minimum Gasteiger partial charge on any atom is -0.497 e. The Bertz CT molecular complexity index is 1420. The molecule has 0 spiro atoms. The number of amides is 1. The van der Waals surface area contributed by atoms with Crippen LogP contribution in [0.3, 0.4) is 0 Å². The van der Waals surface area contributed by atoms with Crippen molar-refractivity contribution in [3.05, 3.63) is 65.6 Å². The Morgan fingerprint density at radius 3 is 2.82 bits per heavy atom. The van der Waals surface area contributed by atoms with Crippen molar-refractivity contribution < 1.29 is 28.9 Å². The molecule has 1 aliphatic heterocycles. The maximum Gasteiger partial charge on any atom is 0.308 e. The van der Waals surface area contributed by atoms with E-state index in [0.29, 0.717) is 55.9 Å². The zero-order chi connectivity index (χ0) is 27.9. The van der Waals surface area contributed by atoms with E-state index in [9.17, 15) is 24.2 Å². The van der Waals surface area contributed by atoms with Crippen molar-refractivity contribution in [3.63, 3.8) is 0 Å². The number of carbonyl (C=O) groups excluding carboxylic acids is 1. The van der Waals surface area contributed by atoms with E-state index in [0.717, 1.165) is 16.5 Å². The molecule has 0 aliphatic carbocycles. The Kier molecular flexibility index (Phi) is 9.12. The van der Waals surface area contributed by atoms with Crippen LogP contribution in [0.4, 0.5) is 10.1 Å². The summed E-state index contributed by atoms with van der Waals surface area (Å²) in [5, 5.41) is 24.4. The van der Waals surface area contributed by atoms with Gasteiger partial charge in [0, 0.05) is 25.1 Å². The van der Waals surface area contributed by atoms with E-state index in [-0.39, 0.29) is 11.8 Å². The number of aliphatic hydroxyl groups excluding tert-OH is 1. The lowest BCUT2D eigenvalue weighted by Crippen LogP contribution is -2.44. The van der Waals surface area contributed by atoms with Crippen LogP contribution in [0.25, 0.3) is 10.9 Å². The van der Waals surface area contributed by atoms with Crippen LogP contribution < -0.4 is 10.1 Å². The van der Waals surface area contributed by atoms with Crippen molar-refractivity contribution in [3.8, 4) is 17.6 Å². The fraction of sp³-hybridized carbons (Fsp3) is 0.367. The first-order chi connectivity index (χ1) is 18.7. The van der Waals surface area contributed by atoms with Gasteiger partial charge in [0.25, 0.3) is 0 Å². The number of benzene rings is 2. The summed E-state index contributed by atoms with van der Waals surface area (Å²) in [5.41, 5.74) is 2.30. The number of aliphatic hydroxyl groups is 1. The van der Waals surface area contributed by atoms with Gasteiger partial charge in [0.05, 0.1) is 42.4 Å². The number of ether oxygens (including phenoxy) is 1. The second kappa shape index (κ2) is 12.7. The van der Waals surface area contributed by atoms with Crippen LogP contribution in [0.5, 0.6) is 5.75 Å². The molecule has 3 atom stereocenters. The molecule has 39 heavy (non-hydrogen) atoms. The number of hydrogen-bond acceptors (Lipinski definition) is 6. The summed E-state index contributed by atoms with van der Waals surface area (Å²) in [4.78, 5) is 29.9. The van der Waals surface area contributed by atoms with Crippen LogP contribution in [0.2, 0.25) is 0 Å². The molecule has 3 N–H and O–H groups in total. The maximum absolute atomic E-state index is 13.7. The average Bonchev–Trinajstić information content (AvgIpc) is 2.92. The number of hydrogen-bond donors (Lipinski definition) is 3. The van der Waals surface area contributed by atoms with Gasteiger partial charge in [0.1, 0.15) is 11.6 Å². The highest BCUT2D eigenvalue weighted by Gasteiger charge is 2.34. The summed E-state index contributed by atoms with van der Waals surface area (Å²) >= 11 is 0. The average molecular weight is 534 g/mol. The summed E-state index contributed by atoms with van der Waals surface area (Å²) in [5.74, 6) is 4.29. The van der Waals surface area contributed by atoms with Crippen LogP contribution in [-0.2, 0) is 9.59 Å². The molecule has 0 radical (unpaired) electrons. The number of anilines is 1. The molecule has 3 aromatic rings. The Balaban J connectivity index is 1.39. The molecular weight excluding hydrogens is 501 g/mol. The molecule has 1 aromatic heterocycles. The number of nitrogens with zero attached hydrogens (tertiary/aromatic N) is 2. The van der Waals surface area contributed by atoms with Gasteiger partial charge in [-0.25, -0.2) is 4.39 Å². The third kappa shape index (κ3) is 7.11. The molecule has 1 amide bonds. The molecule has 0 bridgehead atoms. The second-order valence-corrected chi connectivity index (χ2v) is 9.78. The van der Waals surface area contributed by atoms with E-state index < -0.39 is 23.8 Å². The zero-order valence-electron chi connectivity index (χ0n) is 22.0. The van der Waals surface area contributed by atoms with Gasteiger partial charge in [0.2, 0.25) is 5.91 Å². The number of halogens is 1. The van der Waals surface area contributed by atoms with E-state index >= 15 is 0 Å². The smallest absolute Gasteiger partial charge is 0.308 e. The highest BCUT2D eigenvalue weighted by molar-refractivity contribution is 5.90. The number of carboxylic acids is 1. The van der Waals surface area contributed by atoms with Crippen molar-refractivity contribution in [2.45, 2.75) is 32.3 Å². The van der Waals surface area contributed by atoms with Gasteiger partial charge >= 0.3 is 5.97 Å². The van der Waals surface area contributed by atoms with Gasteiger partial charge < -0.3 is 20.3 Å². The van der Waals surface area contributed by atoms with Crippen LogP contribution in [-0.4, -0.2) is 58.7 Å². The quantitative estimate of drug-likeness (QED) is 0.372. The molecule has 4 rings (SSSR count). The van der Waals surface area contributed by atoms with Crippen molar-refractivity contribution in [1.29, 1.82) is 0 Å². The molecule has 2 aromatic carbocycles. The number of likely N-dealkylation sites (tertiary alicyclic amines) is 1. The van der Waals surface area contributed by atoms with E-state index in [1.807, 2.05) is 23.1 Å². The standard InChI is InChI=1S/C30H32FN3O5/c1-19(35)33-27-8-6-22(31)16-21(27)4-3-14-34-15-12-20(26(18-34)30(37)38)5-10-29(36)24-11-13-32-28-9-7-23(39-2)17-25(24)28/h6-9,11,13,16-17,20,26,29,36H,5,10,12,14-15,18H2,1-2H3,(H,33,35)(H,37,38)/t20-,26+,29-/m1/s1. The second-order valence-electron chi connectivity index (χ2n) is 9.78. The number of piperidine rings is 1. The Hall–Kier alpha value is -4.00. The normalized spacial score (nSPS) is 18.2. The Labute approximate surface area is 226 Å². The van der Waals surface area contributed by atoms with E-state index in [4.69, 9.17) is 4.74 Å². The minimum absolute atomic E-state index is 0.0846. The lowest BCUT2D eigenvalue weighted by Gasteiger charge is -2.36. The van der Waals surface area contributed by atoms with Gasteiger partial charge in [-0.2, -0.15) is 0 Å². The van der Waals surface area contributed by atoms with Crippen LogP contribution in [0.1, 0.15) is 43.4 Å². The lowest BCUT2D eigenvalue weighted by atomic mass is 9.81. The van der Waals surface area contributed by atoms with Gasteiger partial charge in [-0.05, 0) is 79.8 Å². The van der Waals surface area contributed by atoms with Crippen LogP contribution >= 0.6 is 0 Å². The number of pyridine rings is 1. The minimum atomic E-state index is -0.871. The van der Waals surface area contributed by atoms with E-state index in [2.05, 4.69) is 22.1 Å². The van der Waals surface area contributed by atoms with E-state index in [1.54, 1.807) is 19.4 Å². The van der Waals surface area contributed by atoms with Crippen molar-refractivity contribution >= 4 is 28.5 Å². The third-order valence-electron chi connectivity index (χ3n) is 7.13. The third-order valence-corrected chi connectivity index (χ3v) is 7.13. The number of rotatable bonds is 8. The number of aliphatic carboxylic acids is 1. The monoisotopic (exact) mass is 533 g/mol. The zero-order valence-corrected chi connectivity index (χ0v) is 22.0. The Morgan fingerprint density at radius 1 is 1.26 bits per heavy atom. The summed E-state index contributed by atoms with van der Waals surface area (Å²) < 4.78 is 19.0. The van der Waals surface area contributed by atoms with Crippen LogP contribution in [0.15, 0.2) is 48.7 Å². The summed E-state index contributed by atoms with van der Waals surface area (Å²) in [6.07, 6.45) is 2.55. The summed E-state index contributed by atoms with van der Waals surface area (Å²) in [6, 6.07) is 11.3. The molecule has 0 saturated carbocycles. The van der Waals surface area contributed by atoms with Gasteiger partial charge in [-0.1, -0.05) is 11.8 Å². The first-order valence-corrected chi connectivity index (χ1v) is 12.9. The molecule has 0 unspecified atom stereocenters. The molecule has 2 heterocycles. The fourth-order valence-corrected chi connectivity index (χ4v) is 5.09. The predicted octanol–water partition coefficient (Wildman–Crippen LogP) is 4.23. The van der Waals surface area contributed by atoms with Gasteiger partial charge in [-0.3, -0.25) is 19.5 Å². The first-order valence-electron chi connectivity index (χ1n) is 12.9. The highest BCUT2D eigenvalue weighted by atomic mass is 19.1. The molecule has 1 fully saturated rings. The SMILES string of the molecule is COc1ccc2nccc([C@H](O)CC[C@@H]3CCN(CC#Cc4cc(F)ccc4NC(C)=O)C[C@@H]3C(=O)O)c2c1. The van der Waals surface area contributed by atoms with Crippen LogP contribution in [0, 0.1) is 29.5 Å². The van der Waals surface area contributed by atoms with Crippen molar-refractivity contribution in [1.82, 2.24) is 9.88 Å². The topological polar surface area (TPSA) is 112 Å². The summed E-state index contributed by atoms with van der Waals surface area (Å²) in [7, 11) is 1.59. The number of aromatic nitrogens is 1. The highest BCUT2D eigenvalue weighted by Crippen LogP contribution is 2.33. The molecule has 204 valence electrons. The molecule has 8 nitrogen and oxygen atoms in total. The van der Waals surface area contributed by atoms with Gasteiger partial charge in [-0.15, -0.1) is 0 Å². The fourth-order valence-electron chi connectivity index (χ4n) is 5.09. The number of carboxylic acid groups (broad SMARTS) is 1. The maximum atomic E-state index is 13.7. The van der Waals surface area contributed by atoms with Crippen molar-refractivity contribution in [2.24, 2.45) is 11.8 Å². The molecule has 1 saturated heterocycles. The number of nitrogens with one attached hydrogen (secondary N) is 1. The Morgan fingerprint density at radius 2 is 2.08 bits per heavy atom. The predicted molar refractivity (Wildman–Crippen MR) is 146 cm³/mol. The number of carbonyl (C=O) groups is 2.